The quantitative estimate of drug-likeness (QED) is 0.608. The van der Waals surface area contributed by atoms with Gasteiger partial charge in [-0.05, 0) is 25.7 Å². The molecule has 90 valence electrons. The molecule has 3 unspecified atom stereocenters. The van der Waals surface area contributed by atoms with Gasteiger partial charge in [-0.15, -0.1) is 0 Å². The van der Waals surface area contributed by atoms with E-state index in [9.17, 15) is 5.11 Å². The highest BCUT2D eigenvalue weighted by Gasteiger charge is 2.23. The summed E-state index contributed by atoms with van der Waals surface area (Å²) in [5.74, 6) is 0. The van der Waals surface area contributed by atoms with Crippen LogP contribution < -0.4 is 5.32 Å². The highest BCUT2D eigenvalue weighted by atomic mass is 16.3. The average molecular weight is 215 g/mol. The minimum absolute atomic E-state index is 0.194. The molecule has 0 aromatic carbocycles. The molecule has 0 aromatic heterocycles. The lowest BCUT2D eigenvalue weighted by Crippen LogP contribution is -2.45. The monoisotopic (exact) mass is 215 g/mol. The van der Waals surface area contributed by atoms with E-state index >= 15 is 0 Å². The van der Waals surface area contributed by atoms with Crippen molar-refractivity contribution in [2.75, 3.05) is 6.61 Å². The van der Waals surface area contributed by atoms with Gasteiger partial charge in [0.05, 0.1) is 6.10 Å². The minimum atomic E-state index is -0.194. The molecule has 0 radical (unpaired) electrons. The largest absolute Gasteiger partial charge is 0.396 e. The van der Waals surface area contributed by atoms with E-state index in [-0.39, 0.29) is 18.8 Å². The van der Waals surface area contributed by atoms with Gasteiger partial charge in [-0.2, -0.15) is 0 Å². The fourth-order valence-electron chi connectivity index (χ4n) is 2.35. The molecule has 1 rings (SSSR count). The Labute approximate surface area is 92.9 Å². The Kier molecular flexibility index (Phi) is 6.22. The molecule has 1 aliphatic carbocycles. The van der Waals surface area contributed by atoms with Crippen LogP contribution in [0.3, 0.4) is 0 Å². The van der Waals surface area contributed by atoms with E-state index in [0.29, 0.717) is 6.04 Å². The second-order valence-electron chi connectivity index (χ2n) is 4.60. The highest BCUT2D eigenvalue weighted by molar-refractivity contribution is 4.82. The Morgan fingerprint density at radius 1 is 1.27 bits per heavy atom. The Balaban J connectivity index is 2.38. The molecule has 3 nitrogen and oxygen atoms in total. The number of nitrogens with one attached hydrogen (secondary N) is 1. The van der Waals surface area contributed by atoms with Crippen LogP contribution in [-0.2, 0) is 0 Å². The maximum absolute atomic E-state index is 9.94. The summed E-state index contributed by atoms with van der Waals surface area (Å²) in [6, 6.07) is 0.594. The van der Waals surface area contributed by atoms with Gasteiger partial charge in [-0.25, -0.2) is 0 Å². The van der Waals surface area contributed by atoms with E-state index in [0.717, 1.165) is 32.1 Å². The summed E-state index contributed by atoms with van der Waals surface area (Å²) in [5, 5.41) is 22.3. The first-order chi connectivity index (χ1) is 7.27. The molecule has 3 N–H and O–H groups in total. The molecule has 0 spiro atoms. The first-order valence-corrected chi connectivity index (χ1v) is 6.33. The van der Waals surface area contributed by atoms with Crippen molar-refractivity contribution in [2.24, 2.45) is 0 Å². The van der Waals surface area contributed by atoms with Crippen molar-refractivity contribution in [3.63, 3.8) is 0 Å². The summed E-state index contributed by atoms with van der Waals surface area (Å²) in [6.07, 6.45) is 7.21. The molecular formula is C12H25NO2. The van der Waals surface area contributed by atoms with Gasteiger partial charge in [0.15, 0.2) is 0 Å². The summed E-state index contributed by atoms with van der Waals surface area (Å²) in [7, 11) is 0. The van der Waals surface area contributed by atoms with Crippen molar-refractivity contribution in [2.45, 2.75) is 70.1 Å². The van der Waals surface area contributed by atoms with Crippen molar-refractivity contribution in [1.29, 1.82) is 0 Å². The van der Waals surface area contributed by atoms with Crippen LogP contribution in [0.25, 0.3) is 0 Å². The van der Waals surface area contributed by atoms with Gasteiger partial charge < -0.3 is 15.5 Å². The molecule has 0 amide bonds. The van der Waals surface area contributed by atoms with Gasteiger partial charge in [0, 0.05) is 18.7 Å². The Bertz CT molecular complexity index is 164. The third kappa shape index (κ3) is 4.49. The lowest BCUT2D eigenvalue weighted by molar-refractivity contribution is 0.110. The lowest BCUT2D eigenvalue weighted by Gasteiger charge is -2.27. The molecule has 1 saturated carbocycles. The van der Waals surface area contributed by atoms with E-state index in [1.165, 1.54) is 12.8 Å². The zero-order valence-corrected chi connectivity index (χ0v) is 9.78. The molecular weight excluding hydrogens is 190 g/mol. The van der Waals surface area contributed by atoms with Crippen molar-refractivity contribution in [3.8, 4) is 0 Å². The molecule has 0 saturated heterocycles. The maximum Gasteiger partial charge on any atom is 0.0693 e. The predicted octanol–water partition coefficient (Wildman–Crippen LogP) is 1.43. The number of aliphatic hydroxyl groups is 2. The van der Waals surface area contributed by atoms with Crippen LogP contribution in [0.1, 0.15) is 51.9 Å². The van der Waals surface area contributed by atoms with E-state index in [1.54, 1.807) is 0 Å². The van der Waals surface area contributed by atoms with E-state index in [2.05, 4.69) is 12.2 Å². The van der Waals surface area contributed by atoms with Gasteiger partial charge >= 0.3 is 0 Å². The molecule has 0 bridgehead atoms. The van der Waals surface area contributed by atoms with Crippen LogP contribution in [0.15, 0.2) is 0 Å². The Hall–Kier alpha value is -0.120. The van der Waals surface area contributed by atoms with Crippen molar-refractivity contribution in [1.82, 2.24) is 5.32 Å². The first-order valence-electron chi connectivity index (χ1n) is 6.33. The molecule has 1 fully saturated rings. The summed E-state index contributed by atoms with van der Waals surface area (Å²) in [6.45, 7) is 2.35. The van der Waals surface area contributed by atoms with E-state index < -0.39 is 0 Å². The molecule has 3 atom stereocenters. The second-order valence-corrected chi connectivity index (χ2v) is 4.60. The SMILES string of the molecule is CCC(CCO)NC1CCCCCC1O. The highest BCUT2D eigenvalue weighted by Crippen LogP contribution is 2.19. The van der Waals surface area contributed by atoms with Crippen LogP contribution >= 0.6 is 0 Å². The molecule has 1 aliphatic rings. The Morgan fingerprint density at radius 2 is 2.00 bits per heavy atom. The topological polar surface area (TPSA) is 52.5 Å². The Morgan fingerprint density at radius 3 is 2.67 bits per heavy atom. The van der Waals surface area contributed by atoms with Gasteiger partial charge in [0.25, 0.3) is 0 Å². The third-order valence-corrected chi connectivity index (χ3v) is 3.40. The predicted molar refractivity (Wildman–Crippen MR) is 61.8 cm³/mol. The van der Waals surface area contributed by atoms with Gasteiger partial charge in [-0.1, -0.05) is 26.2 Å². The smallest absolute Gasteiger partial charge is 0.0693 e. The fraction of sp³-hybridized carbons (Fsp3) is 1.00. The van der Waals surface area contributed by atoms with Crippen LogP contribution in [-0.4, -0.2) is 35.0 Å². The first kappa shape index (κ1) is 12.9. The number of hydrogen-bond acceptors (Lipinski definition) is 3. The molecule has 3 heteroatoms. The third-order valence-electron chi connectivity index (χ3n) is 3.40. The second kappa shape index (κ2) is 7.20. The fourth-order valence-corrected chi connectivity index (χ4v) is 2.35. The van der Waals surface area contributed by atoms with E-state index in [1.807, 2.05) is 0 Å². The molecule has 0 heterocycles. The summed E-state index contributed by atoms with van der Waals surface area (Å²) in [5.41, 5.74) is 0. The standard InChI is InChI=1S/C12H25NO2/c1-2-10(8-9-14)13-11-6-4-3-5-7-12(11)15/h10-15H,2-9H2,1H3. The van der Waals surface area contributed by atoms with Crippen LogP contribution in [0.4, 0.5) is 0 Å². The van der Waals surface area contributed by atoms with Crippen molar-refractivity contribution < 1.29 is 10.2 Å². The van der Waals surface area contributed by atoms with Gasteiger partial charge in [0.1, 0.15) is 0 Å². The van der Waals surface area contributed by atoms with Crippen molar-refractivity contribution in [3.05, 3.63) is 0 Å². The normalized spacial score (nSPS) is 29.8. The van der Waals surface area contributed by atoms with Crippen molar-refractivity contribution >= 4 is 0 Å². The minimum Gasteiger partial charge on any atom is -0.396 e. The molecule has 0 aromatic rings. The van der Waals surface area contributed by atoms with Gasteiger partial charge in [-0.3, -0.25) is 0 Å². The number of hydrogen-bond donors (Lipinski definition) is 3. The summed E-state index contributed by atoms with van der Waals surface area (Å²) < 4.78 is 0. The summed E-state index contributed by atoms with van der Waals surface area (Å²) >= 11 is 0. The van der Waals surface area contributed by atoms with Crippen LogP contribution in [0.2, 0.25) is 0 Å². The summed E-state index contributed by atoms with van der Waals surface area (Å²) in [4.78, 5) is 0. The van der Waals surface area contributed by atoms with Gasteiger partial charge in [0.2, 0.25) is 0 Å². The zero-order chi connectivity index (χ0) is 11.1. The van der Waals surface area contributed by atoms with Crippen LogP contribution in [0, 0.1) is 0 Å². The van der Waals surface area contributed by atoms with E-state index in [4.69, 9.17) is 5.11 Å². The maximum atomic E-state index is 9.94. The average Bonchev–Trinajstić information content (AvgIpc) is 2.43. The molecule has 15 heavy (non-hydrogen) atoms. The number of aliphatic hydroxyl groups excluding tert-OH is 2. The molecule has 0 aliphatic heterocycles. The number of rotatable bonds is 5. The lowest BCUT2D eigenvalue weighted by atomic mass is 10.0. The van der Waals surface area contributed by atoms with Crippen LogP contribution in [0.5, 0.6) is 0 Å². The zero-order valence-electron chi connectivity index (χ0n) is 9.78.